The molecule has 82 valence electrons. The molecule has 0 saturated carbocycles. The largest absolute Gasteiger partial charge is 0.478 e. The van der Waals surface area contributed by atoms with Crippen LogP contribution in [-0.2, 0) is 0 Å². The molecular formula is C12H17NO2. The van der Waals surface area contributed by atoms with Gasteiger partial charge in [0.1, 0.15) is 0 Å². The summed E-state index contributed by atoms with van der Waals surface area (Å²) in [5, 5.41) is 0. The van der Waals surface area contributed by atoms with Crippen LogP contribution in [0.3, 0.4) is 0 Å². The lowest BCUT2D eigenvalue weighted by Gasteiger charge is -2.16. The second-order valence-electron chi connectivity index (χ2n) is 4.40. The third kappa shape index (κ3) is 3.05. The molecule has 0 unspecified atom stereocenters. The summed E-state index contributed by atoms with van der Waals surface area (Å²) in [5.74, 6) is 0.654. The van der Waals surface area contributed by atoms with Gasteiger partial charge < -0.3 is 4.74 Å². The topological polar surface area (TPSA) is 39.2 Å². The van der Waals surface area contributed by atoms with E-state index in [-0.39, 0.29) is 11.2 Å². The van der Waals surface area contributed by atoms with Crippen LogP contribution in [0.25, 0.3) is 0 Å². The molecule has 1 aromatic heterocycles. The molecule has 3 nitrogen and oxygen atoms in total. The van der Waals surface area contributed by atoms with Gasteiger partial charge in [-0.1, -0.05) is 20.8 Å². The minimum absolute atomic E-state index is 0.0954. The fourth-order valence-electron chi connectivity index (χ4n) is 1.18. The maximum atomic E-state index is 11.9. The summed E-state index contributed by atoms with van der Waals surface area (Å²) in [6.07, 6.45) is 1.57. The molecule has 0 aromatic carbocycles. The first kappa shape index (κ1) is 11.7. The monoisotopic (exact) mass is 207 g/mol. The number of ketones is 1. The predicted octanol–water partition coefficient (Wildman–Crippen LogP) is 2.71. The van der Waals surface area contributed by atoms with Gasteiger partial charge in [0.25, 0.3) is 0 Å². The van der Waals surface area contributed by atoms with Crippen molar-refractivity contribution in [1.82, 2.24) is 4.98 Å². The number of Topliss-reactive ketones (excluding diaryl/α,β-unsaturated/α-hetero) is 1. The number of nitrogens with zero attached hydrogens (tertiary/aromatic N) is 1. The van der Waals surface area contributed by atoms with Gasteiger partial charge in [0, 0.05) is 23.2 Å². The van der Waals surface area contributed by atoms with Crippen molar-refractivity contribution in [1.29, 1.82) is 0 Å². The highest BCUT2D eigenvalue weighted by molar-refractivity contribution is 5.99. The van der Waals surface area contributed by atoms with Crippen molar-refractivity contribution in [3.05, 3.63) is 23.9 Å². The van der Waals surface area contributed by atoms with Crippen molar-refractivity contribution in [2.75, 3.05) is 6.61 Å². The number of carbonyl (C=O) groups excluding carboxylic acids is 1. The second-order valence-corrected chi connectivity index (χ2v) is 4.40. The molecule has 0 bridgehead atoms. The smallest absolute Gasteiger partial charge is 0.213 e. The van der Waals surface area contributed by atoms with Crippen LogP contribution in [-0.4, -0.2) is 17.4 Å². The highest BCUT2D eigenvalue weighted by atomic mass is 16.5. The predicted molar refractivity (Wildman–Crippen MR) is 59.2 cm³/mol. The molecule has 0 radical (unpaired) electrons. The summed E-state index contributed by atoms with van der Waals surface area (Å²) in [6.45, 7) is 8.17. The summed E-state index contributed by atoms with van der Waals surface area (Å²) >= 11 is 0. The van der Waals surface area contributed by atoms with Crippen LogP contribution in [0.15, 0.2) is 18.3 Å². The molecule has 1 rings (SSSR count). The fourth-order valence-corrected chi connectivity index (χ4v) is 1.18. The SMILES string of the molecule is CCOc1ccc(C(=O)C(C)(C)C)cn1. The highest BCUT2D eigenvalue weighted by Crippen LogP contribution is 2.21. The van der Waals surface area contributed by atoms with Crippen LogP contribution in [0.5, 0.6) is 5.88 Å². The van der Waals surface area contributed by atoms with Crippen LogP contribution in [0.1, 0.15) is 38.1 Å². The minimum Gasteiger partial charge on any atom is -0.478 e. The minimum atomic E-state index is -0.366. The first-order valence-electron chi connectivity index (χ1n) is 5.09. The van der Waals surface area contributed by atoms with Crippen LogP contribution >= 0.6 is 0 Å². The Morgan fingerprint density at radius 1 is 1.40 bits per heavy atom. The number of aromatic nitrogens is 1. The summed E-state index contributed by atoms with van der Waals surface area (Å²) < 4.78 is 5.20. The summed E-state index contributed by atoms with van der Waals surface area (Å²) in [6, 6.07) is 3.48. The van der Waals surface area contributed by atoms with Gasteiger partial charge in [0.05, 0.1) is 6.61 Å². The average molecular weight is 207 g/mol. The van der Waals surface area contributed by atoms with E-state index >= 15 is 0 Å². The summed E-state index contributed by atoms with van der Waals surface area (Å²) in [7, 11) is 0. The van der Waals surface area contributed by atoms with Crippen LogP contribution in [0.2, 0.25) is 0 Å². The first-order valence-corrected chi connectivity index (χ1v) is 5.09. The number of ether oxygens (including phenoxy) is 1. The molecule has 0 amide bonds. The Hall–Kier alpha value is -1.38. The van der Waals surface area contributed by atoms with Gasteiger partial charge in [0.2, 0.25) is 5.88 Å². The number of pyridine rings is 1. The standard InChI is InChI=1S/C12H17NO2/c1-5-15-10-7-6-9(8-13-10)11(14)12(2,3)4/h6-8H,5H2,1-4H3. The molecule has 0 atom stereocenters. The first-order chi connectivity index (χ1) is 6.95. The zero-order valence-electron chi connectivity index (χ0n) is 9.70. The second kappa shape index (κ2) is 4.43. The van der Waals surface area contributed by atoms with E-state index in [0.29, 0.717) is 18.1 Å². The van der Waals surface area contributed by atoms with Gasteiger partial charge >= 0.3 is 0 Å². The van der Waals surface area contributed by atoms with Crippen LogP contribution < -0.4 is 4.74 Å². The van der Waals surface area contributed by atoms with E-state index in [0.717, 1.165) is 0 Å². The molecule has 0 fully saturated rings. The molecule has 0 aliphatic carbocycles. The fraction of sp³-hybridized carbons (Fsp3) is 0.500. The maximum Gasteiger partial charge on any atom is 0.213 e. The van der Waals surface area contributed by atoms with Crippen LogP contribution in [0, 0.1) is 5.41 Å². The number of hydrogen-bond donors (Lipinski definition) is 0. The zero-order chi connectivity index (χ0) is 11.5. The normalized spacial score (nSPS) is 11.2. The van der Waals surface area contributed by atoms with Gasteiger partial charge in [-0.25, -0.2) is 4.98 Å². The van der Waals surface area contributed by atoms with Crippen molar-refractivity contribution < 1.29 is 9.53 Å². The molecule has 0 saturated heterocycles. The molecule has 1 heterocycles. The molecule has 0 aliphatic heterocycles. The molecule has 0 aliphatic rings. The summed E-state index contributed by atoms with van der Waals surface area (Å²) in [5.41, 5.74) is 0.264. The molecule has 0 N–H and O–H groups in total. The van der Waals surface area contributed by atoms with Crippen molar-refractivity contribution in [2.24, 2.45) is 5.41 Å². The highest BCUT2D eigenvalue weighted by Gasteiger charge is 2.22. The van der Waals surface area contributed by atoms with E-state index in [2.05, 4.69) is 4.98 Å². The quantitative estimate of drug-likeness (QED) is 0.715. The third-order valence-corrected chi connectivity index (χ3v) is 1.97. The van der Waals surface area contributed by atoms with Crippen molar-refractivity contribution in [3.8, 4) is 5.88 Å². The van der Waals surface area contributed by atoms with Gasteiger partial charge in [0.15, 0.2) is 5.78 Å². The Morgan fingerprint density at radius 2 is 2.07 bits per heavy atom. The molecular weight excluding hydrogens is 190 g/mol. The summed E-state index contributed by atoms with van der Waals surface area (Å²) in [4.78, 5) is 15.9. The van der Waals surface area contributed by atoms with E-state index in [1.165, 1.54) is 0 Å². The lowest BCUT2D eigenvalue weighted by atomic mass is 9.87. The number of hydrogen-bond acceptors (Lipinski definition) is 3. The van der Waals surface area contributed by atoms with Crippen molar-refractivity contribution in [3.63, 3.8) is 0 Å². The van der Waals surface area contributed by atoms with Gasteiger partial charge in [-0.05, 0) is 13.0 Å². The van der Waals surface area contributed by atoms with Crippen molar-refractivity contribution >= 4 is 5.78 Å². The molecule has 15 heavy (non-hydrogen) atoms. The Bertz CT molecular complexity index is 336. The molecule has 3 heteroatoms. The Labute approximate surface area is 90.5 Å². The molecule has 0 spiro atoms. The van der Waals surface area contributed by atoms with E-state index < -0.39 is 0 Å². The lowest BCUT2D eigenvalue weighted by Crippen LogP contribution is -2.20. The van der Waals surface area contributed by atoms with E-state index in [1.807, 2.05) is 27.7 Å². The Kier molecular flexibility index (Phi) is 3.45. The number of rotatable bonds is 3. The average Bonchev–Trinajstić information content (AvgIpc) is 2.17. The number of carbonyl (C=O) groups is 1. The molecule has 1 aromatic rings. The Morgan fingerprint density at radius 3 is 2.47 bits per heavy atom. The van der Waals surface area contributed by atoms with Gasteiger partial charge in [-0.15, -0.1) is 0 Å². The van der Waals surface area contributed by atoms with Gasteiger partial charge in [-0.3, -0.25) is 4.79 Å². The van der Waals surface area contributed by atoms with E-state index in [1.54, 1.807) is 18.3 Å². The van der Waals surface area contributed by atoms with E-state index in [9.17, 15) is 4.79 Å². The van der Waals surface area contributed by atoms with Gasteiger partial charge in [-0.2, -0.15) is 0 Å². The maximum absolute atomic E-state index is 11.9. The Balaban J connectivity index is 2.85. The zero-order valence-corrected chi connectivity index (χ0v) is 9.70. The van der Waals surface area contributed by atoms with E-state index in [4.69, 9.17) is 4.74 Å². The van der Waals surface area contributed by atoms with Crippen molar-refractivity contribution in [2.45, 2.75) is 27.7 Å². The lowest BCUT2D eigenvalue weighted by molar-refractivity contribution is 0.0858. The van der Waals surface area contributed by atoms with Crippen LogP contribution in [0.4, 0.5) is 0 Å². The third-order valence-electron chi connectivity index (χ3n) is 1.97.